The van der Waals surface area contributed by atoms with Crippen LogP contribution in [-0.2, 0) is 15.0 Å². The van der Waals surface area contributed by atoms with Gasteiger partial charge in [0.15, 0.2) is 0 Å². The maximum atomic E-state index is 12.2. The van der Waals surface area contributed by atoms with E-state index in [1.165, 1.54) is 22.7 Å². The average molecular weight is 305 g/mol. The molecule has 0 saturated carbocycles. The summed E-state index contributed by atoms with van der Waals surface area (Å²) < 4.78 is 26.8. The van der Waals surface area contributed by atoms with Gasteiger partial charge >= 0.3 is 0 Å². The van der Waals surface area contributed by atoms with Crippen molar-refractivity contribution in [2.45, 2.75) is 45.6 Å². The zero-order chi connectivity index (χ0) is 15.3. The Morgan fingerprint density at radius 3 is 2.45 bits per heavy atom. The minimum Gasteiger partial charge on any atom is -0.353 e. The minimum absolute atomic E-state index is 0.0163. The van der Waals surface area contributed by atoms with Gasteiger partial charge < -0.3 is 5.32 Å². The molecule has 0 aromatic carbocycles. The molecule has 1 atom stereocenters. The number of piperidine rings is 1. The number of nitrogens with zero attached hydrogens (tertiary/aromatic N) is 2. The fourth-order valence-electron chi connectivity index (χ4n) is 2.41. The number of hydrogen-bond acceptors (Lipinski definition) is 3. The lowest BCUT2D eigenvalue weighted by Gasteiger charge is -2.33. The summed E-state index contributed by atoms with van der Waals surface area (Å²) in [5.41, 5.74) is 0. The van der Waals surface area contributed by atoms with Crippen LogP contribution in [0.5, 0.6) is 0 Å². The van der Waals surface area contributed by atoms with Crippen LogP contribution in [0.15, 0.2) is 0 Å². The summed E-state index contributed by atoms with van der Waals surface area (Å²) in [7, 11) is -0.385. The second-order valence-corrected chi connectivity index (χ2v) is 7.65. The molecule has 0 spiro atoms. The first-order chi connectivity index (χ1) is 9.32. The Balaban J connectivity index is 2.68. The van der Waals surface area contributed by atoms with Crippen LogP contribution in [0.25, 0.3) is 0 Å². The molecule has 0 unspecified atom stereocenters. The molecule has 0 bridgehead atoms. The molecule has 0 aromatic heterocycles. The molecule has 1 fully saturated rings. The Hall–Kier alpha value is -0.660. The highest BCUT2D eigenvalue weighted by atomic mass is 32.2. The van der Waals surface area contributed by atoms with Crippen molar-refractivity contribution in [2.75, 3.05) is 27.2 Å². The molecule has 1 amide bonds. The summed E-state index contributed by atoms with van der Waals surface area (Å²) in [6.07, 6.45) is 3.28. The van der Waals surface area contributed by atoms with E-state index in [0.717, 1.165) is 25.7 Å². The lowest BCUT2D eigenvalue weighted by atomic mass is 9.98. The Labute approximate surface area is 122 Å². The Morgan fingerprint density at radius 2 is 1.95 bits per heavy atom. The number of nitrogens with one attached hydrogen (secondary N) is 1. The van der Waals surface area contributed by atoms with E-state index in [1.807, 2.05) is 13.8 Å². The van der Waals surface area contributed by atoms with Crippen molar-refractivity contribution < 1.29 is 13.2 Å². The van der Waals surface area contributed by atoms with Gasteiger partial charge in [-0.25, -0.2) is 0 Å². The second kappa shape index (κ2) is 7.38. The number of rotatable bonds is 6. The van der Waals surface area contributed by atoms with Crippen molar-refractivity contribution in [3.8, 4) is 0 Å². The summed E-state index contributed by atoms with van der Waals surface area (Å²) in [6, 6.07) is 0.184. The molecule has 1 heterocycles. The van der Waals surface area contributed by atoms with E-state index in [1.54, 1.807) is 0 Å². The van der Waals surface area contributed by atoms with Crippen molar-refractivity contribution in [3.05, 3.63) is 0 Å². The first-order valence-electron chi connectivity index (χ1n) is 7.30. The number of hydrogen-bond donors (Lipinski definition) is 1. The minimum atomic E-state index is -3.42. The van der Waals surface area contributed by atoms with Crippen LogP contribution in [0.4, 0.5) is 0 Å². The van der Waals surface area contributed by atoms with Gasteiger partial charge in [-0.15, -0.1) is 0 Å². The van der Waals surface area contributed by atoms with Crippen LogP contribution in [0.2, 0.25) is 0 Å². The first-order valence-corrected chi connectivity index (χ1v) is 8.70. The lowest BCUT2D eigenvalue weighted by Crippen LogP contribution is -2.50. The summed E-state index contributed by atoms with van der Waals surface area (Å²) in [6.45, 7) is 4.86. The third-order valence-corrected chi connectivity index (χ3v) is 5.78. The van der Waals surface area contributed by atoms with Gasteiger partial charge in [0.25, 0.3) is 10.2 Å². The lowest BCUT2D eigenvalue weighted by molar-refractivity contribution is -0.126. The van der Waals surface area contributed by atoms with Gasteiger partial charge in [0, 0.05) is 33.2 Å². The Morgan fingerprint density at radius 1 is 1.35 bits per heavy atom. The molecule has 0 aliphatic carbocycles. The van der Waals surface area contributed by atoms with Gasteiger partial charge in [-0.2, -0.15) is 17.0 Å². The topological polar surface area (TPSA) is 69.7 Å². The van der Waals surface area contributed by atoms with Gasteiger partial charge in [0.05, 0.1) is 5.92 Å². The van der Waals surface area contributed by atoms with E-state index < -0.39 is 10.2 Å². The molecule has 20 heavy (non-hydrogen) atoms. The smallest absolute Gasteiger partial charge is 0.281 e. The van der Waals surface area contributed by atoms with Gasteiger partial charge in [-0.3, -0.25) is 4.79 Å². The van der Waals surface area contributed by atoms with Crippen molar-refractivity contribution in [1.29, 1.82) is 0 Å². The zero-order valence-electron chi connectivity index (χ0n) is 12.9. The predicted molar refractivity (Wildman–Crippen MR) is 79.4 cm³/mol. The SMILES string of the molecule is CCC(CC)NC(=O)[C@@H]1CCCN(S(=O)(=O)N(C)C)C1. The summed E-state index contributed by atoms with van der Waals surface area (Å²) in [5.74, 6) is -0.253. The first kappa shape index (κ1) is 17.4. The van der Waals surface area contributed by atoms with Gasteiger partial charge in [0.1, 0.15) is 0 Å². The molecule has 0 radical (unpaired) electrons. The third kappa shape index (κ3) is 4.17. The van der Waals surface area contributed by atoms with E-state index in [4.69, 9.17) is 0 Å². The molecular weight excluding hydrogens is 278 g/mol. The van der Waals surface area contributed by atoms with Crippen LogP contribution in [-0.4, -0.2) is 56.2 Å². The predicted octanol–water partition coefficient (Wildman–Crippen LogP) is 0.810. The van der Waals surface area contributed by atoms with Crippen LogP contribution >= 0.6 is 0 Å². The number of amides is 1. The standard InChI is InChI=1S/C13H27N3O3S/c1-5-12(6-2)14-13(17)11-8-7-9-16(10-11)20(18,19)15(3)4/h11-12H,5-10H2,1-4H3,(H,14,17)/t11-/m1/s1. The monoisotopic (exact) mass is 305 g/mol. The Bertz CT molecular complexity index is 419. The summed E-state index contributed by atoms with van der Waals surface area (Å²) in [4.78, 5) is 12.2. The molecule has 118 valence electrons. The number of carbonyl (C=O) groups is 1. The normalized spacial score (nSPS) is 21.4. The molecule has 6 nitrogen and oxygen atoms in total. The molecule has 0 aromatic rings. The molecule has 1 N–H and O–H groups in total. The largest absolute Gasteiger partial charge is 0.353 e. The third-order valence-electron chi connectivity index (χ3n) is 3.87. The van der Waals surface area contributed by atoms with Gasteiger partial charge in [-0.1, -0.05) is 13.8 Å². The van der Waals surface area contributed by atoms with Crippen molar-refractivity contribution in [2.24, 2.45) is 5.92 Å². The van der Waals surface area contributed by atoms with E-state index >= 15 is 0 Å². The maximum Gasteiger partial charge on any atom is 0.281 e. The van der Waals surface area contributed by atoms with Crippen molar-refractivity contribution in [1.82, 2.24) is 13.9 Å². The fourth-order valence-corrected chi connectivity index (χ4v) is 3.60. The Kier molecular flexibility index (Phi) is 6.42. The highest BCUT2D eigenvalue weighted by Gasteiger charge is 2.33. The van der Waals surface area contributed by atoms with Crippen LogP contribution < -0.4 is 5.32 Å². The number of carbonyl (C=O) groups excluding carboxylic acids is 1. The molecule has 7 heteroatoms. The van der Waals surface area contributed by atoms with E-state index in [0.29, 0.717) is 6.54 Å². The summed E-state index contributed by atoms with van der Waals surface area (Å²) >= 11 is 0. The quantitative estimate of drug-likeness (QED) is 0.789. The zero-order valence-corrected chi connectivity index (χ0v) is 13.7. The van der Waals surface area contributed by atoms with E-state index in [-0.39, 0.29) is 24.4 Å². The molecule has 1 aliphatic heterocycles. The van der Waals surface area contributed by atoms with E-state index in [9.17, 15) is 13.2 Å². The molecule has 1 aliphatic rings. The average Bonchev–Trinajstić information content (AvgIpc) is 2.44. The fraction of sp³-hybridized carbons (Fsp3) is 0.923. The molecular formula is C13H27N3O3S. The maximum absolute atomic E-state index is 12.2. The van der Waals surface area contributed by atoms with Gasteiger partial charge in [-0.05, 0) is 25.7 Å². The van der Waals surface area contributed by atoms with E-state index in [2.05, 4.69) is 5.32 Å². The summed E-state index contributed by atoms with van der Waals surface area (Å²) in [5, 5.41) is 3.01. The van der Waals surface area contributed by atoms with Crippen LogP contribution in [0.3, 0.4) is 0 Å². The highest BCUT2D eigenvalue weighted by Crippen LogP contribution is 2.20. The van der Waals surface area contributed by atoms with Gasteiger partial charge in [0.2, 0.25) is 5.91 Å². The highest BCUT2D eigenvalue weighted by molar-refractivity contribution is 7.86. The molecule has 1 rings (SSSR count). The second-order valence-electron chi connectivity index (χ2n) is 5.51. The van der Waals surface area contributed by atoms with Crippen molar-refractivity contribution in [3.63, 3.8) is 0 Å². The van der Waals surface area contributed by atoms with Crippen molar-refractivity contribution >= 4 is 16.1 Å². The van der Waals surface area contributed by atoms with Crippen LogP contribution in [0, 0.1) is 5.92 Å². The van der Waals surface area contributed by atoms with Crippen LogP contribution in [0.1, 0.15) is 39.5 Å². The molecule has 1 saturated heterocycles.